The van der Waals surface area contributed by atoms with Gasteiger partial charge in [-0.1, -0.05) is 31.2 Å². The zero-order valence-corrected chi connectivity index (χ0v) is 12.1. The predicted octanol–water partition coefficient (Wildman–Crippen LogP) is 2.85. The maximum absolute atomic E-state index is 13.1. The van der Waals surface area contributed by atoms with Crippen molar-refractivity contribution >= 4 is 11.9 Å². The number of carboxylic acid groups (broad SMARTS) is 1. The van der Waals surface area contributed by atoms with Gasteiger partial charge in [-0.15, -0.1) is 0 Å². The predicted molar refractivity (Wildman–Crippen MR) is 74.6 cm³/mol. The third kappa shape index (κ3) is 2.36. The monoisotopic (exact) mass is 309 g/mol. The normalized spacial score (nSPS) is 27.6. The van der Waals surface area contributed by atoms with Crippen molar-refractivity contribution in [3.63, 3.8) is 0 Å². The fourth-order valence-corrected chi connectivity index (χ4v) is 3.59. The van der Waals surface area contributed by atoms with Crippen LogP contribution in [0, 0.1) is 5.41 Å². The standard InChI is InChI=1S/C16H17F2NO3/c1-15(7-16(17,18)8-15)14(22)19-12-6-11(13(20)21)9-4-2-3-5-10(9)12/h2-5,11-12H,6-8H2,1H3,(H,19,22)(H,20,21). The molecule has 2 atom stereocenters. The first-order valence-electron chi connectivity index (χ1n) is 7.22. The van der Waals surface area contributed by atoms with Crippen molar-refractivity contribution in [3.8, 4) is 0 Å². The number of halogens is 2. The highest BCUT2D eigenvalue weighted by Crippen LogP contribution is 2.52. The second-order valence-corrected chi connectivity index (χ2v) is 6.55. The highest BCUT2D eigenvalue weighted by molar-refractivity contribution is 5.85. The largest absolute Gasteiger partial charge is 0.481 e. The minimum Gasteiger partial charge on any atom is -0.481 e. The van der Waals surface area contributed by atoms with Gasteiger partial charge in [0.1, 0.15) is 0 Å². The van der Waals surface area contributed by atoms with Crippen molar-refractivity contribution in [2.75, 3.05) is 0 Å². The summed E-state index contributed by atoms with van der Waals surface area (Å²) in [6, 6.07) is 6.62. The Labute approximate surface area is 126 Å². The third-order valence-corrected chi connectivity index (χ3v) is 4.67. The number of carboxylic acids is 1. The summed E-state index contributed by atoms with van der Waals surface area (Å²) in [5, 5.41) is 12.1. The van der Waals surface area contributed by atoms with Crippen molar-refractivity contribution in [1.82, 2.24) is 5.32 Å². The first-order chi connectivity index (χ1) is 10.2. The summed E-state index contributed by atoms with van der Waals surface area (Å²) >= 11 is 0. The molecule has 118 valence electrons. The number of alkyl halides is 2. The molecule has 2 aliphatic carbocycles. The second-order valence-electron chi connectivity index (χ2n) is 6.55. The Morgan fingerprint density at radius 1 is 1.23 bits per heavy atom. The Morgan fingerprint density at radius 3 is 2.36 bits per heavy atom. The Hall–Kier alpha value is -1.98. The molecule has 3 rings (SSSR count). The van der Waals surface area contributed by atoms with Gasteiger partial charge in [0.05, 0.1) is 17.4 Å². The maximum Gasteiger partial charge on any atom is 0.311 e. The van der Waals surface area contributed by atoms with Crippen LogP contribution in [0.25, 0.3) is 0 Å². The fraction of sp³-hybridized carbons (Fsp3) is 0.500. The molecule has 1 saturated carbocycles. The molecule has 0 saturated heterocycles. The average Bonchev–Trinajstić information content (AvgIpc) is 2.76. The van der Waals surface area contributed by atoms with Gasteiger partial charge in [-0.3, -0.25) is 9.59 Å². The van der Waals surface area contributed by atoms with Gasteiger partial charge in [0, 0.05) is 12.8 Å². The lowest BCUT2D eigenvalue weighted by Gasteiger charge is -2.43. The molecule has 1 aromatic carbocycles. The Bertz CT molecular complexity index is 636. The molecule has 1 aromatic rings. The van der Waals surface area contributed by atoms with E-state index in [1.807, 2.05) is 0 Å². The third-order valence-electron chi connectivity index (χ3n) is 4.67. The first-order valence-corrected chi connectivity index (χ1v) is 7.22. The van der Waals surface area contributed by atoms with Gasteiger partial charge >= 0.3 is 5.97 Å². The van der Waals surface area contributed by atoms with Gasteiger partial charge in [0.25, 0.3) is 0 Å². The number of hydrogen-bond donors (Lipinski definition) is 2. The summed E-state index contributed by atoms with van der Waals surface area (Å²) in [6.45, 7) is 1.52. The number of fused-ring (bicyclic) bond motifs is 1. The van der Waals surface area contributed by atoms with Crippen molar-refractivity contribution < 1.29 is 23.5 Å². The molecule has 0 heterocycles. The lowest BCUT2D eigenvalue weighted by molar-refractivity contribution is -0.175. The van der Waals surface area contributed by atoms with Crippen molar-refractivity contribution in [3.05, 3.63) is 35.4 Å². The molecule has 0 bridgehead atoms. The number of carbonyl (C=O) groups is 2. The van der Waals surface area contributed by atoms with Crippen LogP contribution in [0.1, 0.15) is 49.3 Å². The van der Waals surface area contributed by atoms with Crippen LogP contribution in [0.4, 0.5) is 8.78 Å². The van der Waals surface area contributed by atoms with Crippen LogP contribution in [0.2, 0.25) is 0 Å². The Kier molecular flexibility index (Phi) is 3.23. The summed E-state index contributed by atoms with van der Waals surface area (Å²) in [6.07, 6.45) is -0.655. The smallest absolute Gasteiger partial charge is 0.311 e. The number of hydrogen-bond acceptors (Lipinski definition) is 2. The molecule has 1 amide bonds. The summed E-state index contributed by atoms with van der Waals surface area (Å²) in [7, 11) is 0. The van der Waals surface area contributed by atoms with Gasteiger partial charge in [-0.25, -0.2) is 8.78 Å². The number of benzene rings is 1. The summed E-state index contributed by atoms with van der Waals surface area (Å²) in [4.78, 5) is 23.6. The molecular formula is C16H17F2NO3. The van der Waals surface area contributed by atoms with Crippen LogP contribution in [-0.2, 0) is 9.59 Å². The van der Waals surface area contributed by atoms with Crippen LogP contribution in [0.15, 0.2) is 24.3 Å². The Balaban J connectivity index is 1.77. The molecule has 0 spiro atoms. The van der Waals surface area contributed by atoms with Crippen LogP contribution in [-0.4, -0.2) is 22.9 Å². The van der Waals surface area contributed by atoms with Crippen LogP contribution < -0.4 is 5.32 Å². The maximum atomic E-state index is 13.1. The molecule has 2 N–H and O–H groups in total. The molecular weight excluding hydrogens is 292 g/mol. The van der Waals surface area contributed by atoms with E-state index >= 15 is 0 Å². The highest BCUT2D eigenvalue weighted by atomic mass is 19.3. The van der Waals surface area contributed by atoms with Gasteiger partial charge in [-0.2, -0.15) is 0 Å². The lowest BCUT2D eigenvalue weighted by atomic mass is 9.67. The zero-order valence-electron chi connectivity index (χ0n) is 12.1. The average molecular weight is 309 g/mol. The number of carbonyl (C=O) groups excluding carboxylic acids is 1. The van der Waals surface area contributed by atoms with Gasteiger partial charge in [0.2, 0.25) is 11.8 Å². The van der Waals surface area contributed by atoms with E-state index in [4.69, 9.17) is 0 Å². The van der Waals surface area contributed by atoms with Crippen molar-refractivity contribution in [1.29, 1.82) is 0 Å². The number of amides is 1. The summed E-state index contributed by atoms with van der Waals surface area (Å²) in [5.74, 6) is -4.81. The topological polar surface area (TPSA) is 66.4 Å². The zero-order chi connectivity index (χ0) is 16.1. The van der Waals surface area contributed by atoms with E-state index in [0.29, 0.717) is 5.56 Å². The van der Waals surface area contributed by atoms with Crippen LogP contribution in [0.3, 0.4) is 0 Å². The van der Waals surface area contributed by atoms with Gasteiger partial charge in [-0.05, 0) is 17.5 Å². The number of rotatable bonds is 3. The molecule has 2 aliphatic rings. The SMILES string of the molecule is CC1(C(=O)NC2CC(C(=O)O)c3ccccc32)CC(F)(F)C1. The molecule has 1 fully saturated rings. The van der Waals surface area contributed by atoms with E-state index in [0.717, 1.165) is 5.56 Å². The summed E-state index contributed by atoms with van der Waals surface area (Å²) in [5.41, 5.74) is 0.377. The Morgan fingerprint density at radius 2 is 1.82 bits per heavy atom. The van der Waals surface area contributed by atoms with Crippen LogP contribution in [0.5, 0.6) is 0 Å². The number of nitrogens with one attached hydrogen (secondary N) is 1. The molecule has 0 radical (unpaired) electrons. The fourth-order valence-electron chi connectivity index (χ4n) is 3.59. The minimum absolute atomic E-state index is 0.257. The molecule has 0 aliphatic heterocycles. The number of aliphatic carboxylic acids is 1. The first kappa shape index (κ1) is 14.9. The van der Waals surface area contributed by atoms with Gasteiger partial charge in [0.15, 0.2) is 0 Å². The van der Waals surface area contributed by atoms with Gasteiger partial charge < -0.3 is 10.4 Å². The quantitative estimate of drug-likeness (QED) is 0.902. The molecule has 6 heteroatoms. The van der Waals surface area contributed by atoms with E-state index < -0.39 is 48.0 Å². The molecule has 4 nitrogen and oxygen atoms in total. The minimum atomic E-state index is -2.77. The van der Waals surface area contributed by atoms with E-state index in [-0.39, 0.29) is 6.42 Å². The van der Waals surface area contributed by atoms with E-state index in [1.165, 1.54) is 6.92 Å². The van der Waals surface area contributed by atoms with Crippen molar-refractivity contribution in [2.24, 2.45) is 5.41 Å². The molecule has 0 aromatic heterocycles. The summed E-state index contributed by atoms with van der Waals surface area (Å²) < 4.78 is 26.1. The van der Waals surface area contributed by atoms with E-state index in [2.05, 4.69) is 5.32 Å². The highest BCUT2D eigenvalue weighted by Gasteiger charge is 2.58. The van der Waals surface area contributed by atoms with E-state index in [9.17, 15) is 23.5 Å². The van der Waals surface area contributed by atoms with Crippen LogP contribution >= 0.6 is 0 Å². The molecule has 22 heavy (non-hydrogen) atoms. The van der Waals surface area contributed by atoms with Crippen molar-refractivity contribution in [2.45, 2.75) is 44.1 Å². The molecule has 2 unspecified atom stereocenters. The van der Waals surface area contributed by atoms with E-state index in [1.54, 1.807) is 24.3 Å². The second kappa shape index (κ2) is 4.76. The lowest BCUT2D eigenvalue weighted by Crippen LogP contribution is -2.53.